The summed E-state index contributed by atoms with van der Waals surface area (Å²) in [7, 11) is 0. The standard InChI is InChI=1S/C35H50F3N5O/c1-5-16-34(3,4)22-30-29-21-26(27-15-20-42(23-27)19-10-8-7-9-18-40-41-25-44)13-14-32(29)43(24-35(36,37)38)33(30)28-12-11-17-39-31(28)6-2/h11-14,17,21,25,27,40H,5-10,15-16,18-20,22-24H2,1-4H3,(H,41,44). The van der Waals surface area contributed by atoms with Crippen LogP contribution < -0.4 is 10.9 Å². The first-order chi connectivity index (χ1) is 21.1. The molecule has 0 spiro atoms. The Morgan fingerprint density at radius 2 is 1.89 bits per heavy atom. The smallest absolute Gasteiger partial charge is 0.331 e. The van der Waals surface area contributed by atoms with E-state index in [0.29, 0.717) is 36.4 Å². The lowest BCUT2D eigenvalue weighted by Crippen LogP contribution is -2.30. The highest BCUT2D eigenvalue weighted by atomic mass is 19.4. The first-order valence-electron chi connectivity index (χ1n) is 16.4. The van der Waals surface area contributed by atoms with Gasteiger partial charge in [-0.15, -0.1) is 0 Å². The van der Waals surface area contributed by atoms with Crippen LogP contribution in [0.2, 0.25) is 0 Å². The van der Waals surface area contributed by atoms with Gasteiger partial charge in [0.05, 0.1) is 5.69 Å². The van der Waals surface area contributed by atoms with Gasteiger partial charge in [-0.3, -0.25) is 15.2 Å². The molecule has 9 heteroatoms. The normalized spacial score (nSPS) is 16.2. The number of fused-ring (bicyclic) bond motifs is 1. The van der Waals surface area contributed by atoms with E-state index in [9.17, 15) is 18.0 Å². The second-order valence-electron chi connectivity index (χ2n) is 13.1. The molecule has 1 unspecified atom stereocenters. The monoisotopic (exact) mass is 613 g/mol. The van der Waals surface area contributed by atoms with Gasteiger partial charge in [-0.25, -0.2) is 5.43 Å². The van der Waals surface area contributed by atoms with E-state index in [1.165, 1.54) is 10.1 Å². The van der Waals surface area contributed by atoms with Gasteiger partial charge in [0, 0.05) is 41.4 Å². The number of nitrogens with zero attached hydrogens (tertiary/aromatic N) is 3. The first-order valence-corrected chi connectivity index (χ1v) is 16.4. The number of hydrogen-bond acceptors (Lipinski definition) is 4. The predicted octanol–water partition coefficient (Wildman–Crippen LogP) is 7.80. The van der Waals surface area contributed by atoms with E-state index >= 15 is 0 Å². The summed E-state index contributed by atoms with van der Waals surface area (Å²) < 4.78 is 43.9. The third kappa shape index (κ3) is 8.84. The molecule has 3 heterocycles. The summed E-state index contributed by atoms with van der Waals surface area (Å²) in [5, 5.41) is 0.952. The molecule has 1 fully saturated rings. The lowest BCUT2D eigenvalue weighted by atomic mass is 9.80. The van der Waals surface area contributed by atoms with E-state index in [-0.39, 0.29) is 5.41 Å². The van der Waals surface area contributed by atoms with Gasteiger partial charge in [0.2, 0.25) is 6.41 Å². The van der Waals surface area contributed by atoms with E-state index in [1.54, 1.807) is 6.20 Å². The molecule has 0 saturated carbocycles. The molecule has 4 rings (SSSR count). The van der Waals surface area contributed by atoms with Crippen LogP contribution in [0.15, 0.2) is 36.5 Å². The molecule has 1 saturated heterocycles. The quantitative estimate of drug-likeness (QED) is 0.0927. The van der Waals surface area contributed by atoms with Crippen LogP contribution in [0.1, 0.15) is 95.4 Å². The summed E-state index contributed by atoms with van der Waals surface area (Å²) >= 11 is 0. The number of carbonyl (C=O) groups excluding carboxylic acids is 1. The number of pyridine rings is 1. The number of unbranched alkanes of at least 4 members (excludes halogenated alkanes) is 3. The van der Waals surface area contributed by atoms with Gasteiger partial charge in [-0.1, -0.05) is 53.0 Å². The lowest BCUT2D eigenvalue weighted by Gasteiger charge is -2.25. The van der Waals surface area contributed by atoms with Crippen LogP contribution in [0.4, 0.5) is 13.2 Å². The van der Waals surface area contributed by atoms with Crippen LogP contribution in [0.5, 0.6) is 0 Å². The van der Waals surface area contributed by atoms with Crippen molar-refractivity contribution in [3.63, 3.8) is 0 Å². The molecule has 1 aliphatic heterocycles. The van der Waals surface area contributed by atoms with E-state index < -0.39 is 12.7 Å². The lowest BCUT2D eigenvalue weighted by molar-refractivity contribution is -0.139. The molecule has 44 heavy (non-hydrogen) atoms. The summed E-state index contributed by atoms with van der Waals surface area (Å²) in [4.78, 5) is 17.4. The fourth-order valence-electron chi connectivity index (χ4n) is 7.03. The Bertz CT molecular complexity index is 1370. The van der Waals surface area contributed by atoms with Crippen LogP contribution in [0.3, 0.4) is 0 Å². The number of hydrogen-bond donors (Lipinski definition) is 2. The van der Waals surface area contributed by atoms with E-state index in [1.807, 2.05) is 25.1 Å². The van der Waals surface area contributed by atoms with Gasteiger partial charge in [0.15, 0.2) is 0 Å². The number of nitrogens with one attached hydrogen (secondary N) is 2. The number of hydrazine groups is 1. The van der Waals surface area contributed by atoms with Crippen molar-refractivity contribution in [2.75, 3.05) is 26.2 Å². The topological polar surface area (TPSA) is 62.2 Å². The van der Waals surface area contributed by atoms with Crippen molar-refractivity contribution < 1.29 is 18.0 Å². The van der Waals surface area contributed by atoms with Gasteiger partial charge in [0.25, 0.3) is 0 Å². The zero-order valence-electron chi connectivity index (χ0n) is 26.9. The van der Waals surface area contributed by atoms with E-state index in [4.69, 9.17) is 0 Å². The second kappa shape index (κ2) is 15.4. The van der Waals surface area contributed by atoms with Crippen molar-refractivity contribution in [1.29, 1.82) is 0 Å². The van der Waals surface area contributed by atoms with Gasteiger partial charge >= 0.3 is 6.18 Å². The van der Waals surface area contributed by atoms with Gasteiger partial charge in [-0.2, -0.15) is 13.2 Å². The Balaban J connectivity index is 1.65. The fourth-order valence-corrected chi connectivity index (χ4v) is 7.03. The van der Waals surface area contributed by atoms with Crippen molar-refractivity contribution in [3.05, 3.63) is 53.3 Å². The number of halogens is 3. The maximum absolute atomic E-state index is 14.1. The molecule has 0 bridgehead atoms. The molecule has 242 valence electrons. The largest absolute Gasteiger partial charge is 0.406 e. The minimum absolute atomic E-state index is 0.0589. The average molecular weight is 614 g/mol. The molecular weight excluding hydrogens is 563 g/mol. The number of likely N-dealkylation sites (tertiary alicyclic amines) is 1. The van der Waals surface area contributed by atoms with Crippen molar-refractivity contribution in [3.8, 4) is 11.3 Å². The van der Waals surface area contributed by atoms with Crippen LogP contribution in [-0.4, -0.2) is 53.2 Å². The Morgan fingerprint density at radius 3 is 2.61 bits per heavy atom. The number of alkyl halides is 3. The fraction of sp³-hybridized carbons (Fsp3) is 0.600. The predicted molar refractivity (Wildman–Crippen MR) is 172 cm³/mol. The molecule has 1 amide bonds. The van der Waals surface area contributed by atoms with Gasteiger partial charge in [0.1, 0.15) is 6.54 Å². The number of carbonyl (C=O) groups is 1. The van der Waals surface area contributed by atoms with Crippen LogP contribution in [-0.2, 0) is 24.2 Å². The molecule has 1 aromatic carbocycles. The van der Waals surface area contributed by atoms with Crippen LogP contribution >= 0.6 is 0 Å². The highest BCUT2D eigenvalue weighted by molar-refractivity contribution is 5.93. The molecule has 0 radical (unpaired) electrons. The van der Waals surface area contributed by atoms with Crippen molar-refractivity contribution in [2.45, 2.75) is 104 Å². The van der Waals surface area contributed by atoms with Crippen LogP contribution in [0.25, 0.3) is 22.2 Å². The Labute approximate surface area is 260 Å². The first kappa shape index (κ1) is 34.0. The second-order valence-corrected chi connectivity index (χ2v) is 13.1. The number of rotatable bonds is 17. The van der Waals surface area contributed by atoms with Crippen LogP contribution in [0, 0.1) is 5.41 Å². The summed E-state index contributed by atoms with van der Waals surface area (Å²) in [6, 6.07) is 10.00. The van der Waals surface area contributed by atoms with Crippen molar-refractivity contribution >= 4 is 17.3 Å². The van der Waals surface area contributed by atoms with E-state index in [0.717, 1.165) is 93.3 Å². The minimum atomic E-state index is -4.35. The highest BCUT2D eigenvalue weighted by Crippen LogP contribution is 2.43. The number of amides is 1. The maximum Gasteiger partial charge on any atom is 0.406 e. The molecular formula is C35H50F3N5O. The summed E-state index contributed by atoms with van der Waals surface area (Å²) in [6.07, 6.45) is 6.89. The number of aryl methyl sites for hydroxylation is 1. The molecule has 1 aliphatic rings. The third-order valence-corrected chi connectivity index (χ3v) is 9.02. The maximum atomic E-state index is 14.1. The van der Waals surface area contributed by atoms with Crippen molar-refractivity contribution in [2.24, 2.45) is 5.41 Å². The van der Waals surface area contributed by atoms with Gasteiger partial charge < -0.3 is 9.47 Å². The zero-order valence-corrected chi connectivity index (χ0v) is 26.9. The Hall–Kier alpha value is -2.91. The van der Waals surface area contributed by atoms with Gasteiger partial charge in [-0.05, 0) is 98.3 Å². The minimum Gasteiger partial charge on any atom is -0.331 e. The summed E-state index contributed by atoms with van der Waals surface area (Å²) in [6.45, 7) is 11.5. The van der Waals surface area contributed by atoms with E-state index in [2.05, 4.69) is 53.6 Å². The Kier molecular flexibility index (Phi) is 11.9. The molecule has 3 aromatic rings. The third-order valence-electron chi connectivity index (χ3n) is 9.02. The SMILES string of the molecule is CCCC(C)(C)Cc1c(-c2cccnc2CC)n(CC(F)(F)F)c2ccc(C3CCN(CCCCCCNNC=O)C3)cc12. The highest BCUT2D eigenvalue weighted by Gasteiger charge is 2.34. The molecule has 6 nitrogen and oxygen atoms in total. The number of benzene rings is 1. The Morgan fingerprint density at radius 1 is 1.09 bits per heavy atom. The molecule has 2 aromatic heterocycles. The molecule has 2 N–H and O–H groups in total. The molecule has 0 aliphatic carbocycles. The number of aromatic nitrogens is 2. The average Bonchev–Trinajstić information content (AvgIpc) is 3.56. The molecule has 1 atom stereocenters. The zero-order chi connectivity index (χ0) is 31.7. The van der Waals surface area contributed by atoms with Crippen molar-refractivity contribution in [1.82, 2.24) is 25.3 Å². The summed E-state index contributed by atoms with van der Waals surface area (Å²) in [5.74, 6) is 0.369. The summed E-state index contributed by atoms with van der Waals surface area (Å²) in [5.41, 5.74) is 10.5.